The Morgan fingerprint density at radius 2 is 2.43 bits per heavy atom. The van der Waals surface area contributed by atoms with Gasteiger partial charge in [-0.2, -0.15) is 5.10 Å². The number of rotatable bonds is 6. The summed E-state index contributed by atoms with van der Waals surface area (Å²) in [6, 6.07) is 5.88. The van der Waals surface area contributed by atoms with Gasteiger partial charge in [-0.1, -0.05) is 6.07 Å². The van der Waals surface area contributed by atoms with Crippen LogP contribution in [0.2, 0.25) is 0 Å². The zero-order valence-corrected chi connectivity index (χ0v) is 14.0. The molecule has 1 fully saturated rings. The highest BCUT2D eigenvalue weighted by molar-refractivity contribution is 7.09. The first-order valence-corrected chi connectivity index (χ1v) is 8.74. The summed E-state index contributed by atoms with van der Waals surface area (Å²) < 4.78 is 1.80. The van der Waals surface area contributed by atoms with Crippen LogP contribution in [0.4, 0.5) is 5.82 Å². The molecular weight excluding hydrogens is 312 g/mol. The van der Waals surface area contributed by atoms with Gasteiger partial charge in [0.2, 0.25) is 5.91 Å². The van der Waals surface area contributed by atoms with Crippen LogP contribution in [0.3, 0.4) is 0 Å². The van der Waals surface area contributed by atoms with Crippen molar-refractivity contribution in [1.29, 1.82) is 0 Å². The smallest absolute Gasteiger partial charge is 0.239 e. The van der Waals surface area contributed by atoms with Gasteiger partial charge in [0.15, 0.2) is 0 Å². The number of hydrogen-bond donors (Lipinski definition) is 2. The summed E-state index contributed by atoms with van der Waals surface area (Å²) in [6.45, 7) is 4.47. The van der Waals surface area contributed by atoms with Crippen molar-refractivity contribution >= 4 is 23.1 Å². The number of carbonyl (C=O) groups is 1. The van der Waals surface area contributed by atoms with Gasteiger partial charge in [-0.3, -0.25) is 9.69 Å². The Bertz CT molecular complexity index is 638. The minimum Gasteiger partial charge on any atom is -0.393 e. The number of aliphatic hydroxyl groups excluding tert-OH is 1. The van der Waals surface area contributed by atoms with E-state index >= 15 is 0 Å². The zero-order valence-electron chi connectivity index (χ0n) is 13.2. The maximum absolute atomic E-state index is 12.2. The molecule has 1 aliphatic heterocycles. The molecule has 0 spiro atoms. The van der Waals surface area contributed by atoms with Crippen molar-refractivity contribution in [2.24, 2.45) is 5.92 Å². The number of thiophene rings is 1. The molecule has 1 amide bonds. The molecular formula is C16H22N4O2S. The van der Waals surface area contributed by atoms with Crippen LogP contribution in [-0.2, 0) is 11.3 Å². The number of nitrogens with zero attached hydrogens (tertiary/aromatic N) is 3. The second kappa shape index (κ2) is 7.25. The third-order valence-electron chi connectivity index (χ3n) is 4.23. The number of nitrogens with one attached hydrogen (secondary N) is 1. The number of anilines is 1. The van der Waals surface area contributed by atoms with Gasteiger partial charge in [0.05, 0.1) is 25.4 Å². The Morgan fingerprint density at radius 1 is 1.57 bits per heavy atom. The van der Waals surface area contributed by atoms with Crippen LogP contribution in [0.15, 0.2) is 29.8 Å². The van der Waals surface area contributed by atoms with Crippen LogP contribution in [0.5, 0.6) is 0 Å². The fourth-order valence-electron chi connectivity index (χ4n) is 2.90. The molecule has 0 saturated carbocycles. The van der Waals surface area contributed by atoms with Crippen molar-refractivity contribution in [3.63, 3.8) is 0 Å². The molecule has 2 atom stereocenters. The molecule has 2 N–H and O–H groups in total. The number of aliphatic hydroxyl groups is 1. The minimum atomic E-state index is -0.310. The lowest BCUT2D eigenvalue weighted by Gasteiger charge is -2.17. The van der Waals surface area contributed by atoms with Crippen LogP contribution >= 0.6 is 11.3 Å². The fourth-order valence-corrected chi connectivity index (χ4v) is 3.59. The number of amides is 1. The highest BCUT2D eigenvalue weighted by atomic mass is 32.1. The minimum absolute atomic E-state index is 0.0378. The summed E-state index contributed by atoms with van der Waals surface area (Å²) in [7, 11) is 0. The van der Waals surface area contributed by atoms with Crippen molar-refractivity contribution in [3.05, 3.63) is 34.7 Å². The first-order chi connectivity index (χ1) is 11.1. The molecule has 7 heteroatoms. The Morgan fingerprint density at radius 3 is 3.13 bits per heavy atom. The van der Waals surface area contributed by atoms with Gasteiger partial charge in [-0.15, -0.1) is 11.3 Å². The van der Waals surface area contributed by atoms with E-state index in [2.05, 4.69) is 21.4 Å². The molecule has 0 aliphatic carbocycles. The zero-order chi connectivity index (χ0) is 16.2. The summed E-state index contributed by atoms with van der Waals surface area (Å²) in [4.78, 5) is 15.5. The van der Waals surface area contributed by atoms with Gasteiger partial charge < -0.3 is 10.4 Å². The van der Waals surface area contributed by atoms with E-state index in [-0.39, 0.29) is 17.9 Å². The monoisotopic (exact) mass is 334 g/mol. The van der Waals surface area contributed by atoms with E-state index in [1.54, 1.807) is 22.2 Å². The van der Waals surface area contributed by atoms with Crippen molar-refractivity contribution in [2.45, 2.75) is 26.0 Å². The van der Waals surface area contributed by atoms with Crippen LogP contribution in [-0.4, -0.2) is 51.4 Å². The van der Waals surface area contributed by atoms with Crippen LogP contribution < -0.4 is 5.32 Å². The number of likely N-dealkylation sites (tertiary alicyclic amines) is 1. The quantitative estimate of drug-likeness (QED) is 0.842. The summed E-state index contributed by atoms with van der Waals surface area (Å²) in [5.74, 6) is 0.950. The summed E-state index contributed by atoms with van der Waals surface area (Å²) in [5.41, 5.74) is 0. The standard InChI is InChI=1S/C16H22N4O2S/c1-12(21)13-5-7-19(9-13)11-16(22)18-15-4-6-17-20(15)10-14-3-2-8-23-14/h2-4,6,8,12-13,21H,5,7,9-11H2,1H3,(H,18,22). The van der Waals surface area contributed by atoms with Crippen LogP contribution in [0.1, 0.15) is 18.2 Å². The fraction of sp³-hybridized carbons (Fsp3) is 0.500. The first kappa shape index (κ1) is 16.2. The van der Waals surface area contributed by atoms with E-state index in [4.69, 9.17) is 0 Å². The van der Waals surface area contributed by atoms with E-state index in [0.29, 0.717) is 13.1 Å². The van der Waals surface area contributed by atoms with Crippen LogP contribution in [0, 0.1) is 5.92 Å². The first-order valence-electron chi connectivity index (χ1n) is 7.86. The van der Waals surface area contributed by atoms with Crippen LogP contribution in [0.25, 0.3) is 0 Å². The molecule has 6 nitrogen and oxygen atoms in total. The Hall–Kier alpha value is -1.70. The third kappa shape index (κ3) is 4.19. The predicted molar refractivity (Wildman–Crippen MR) is 90.5 cm³/mol. The van der Waals surface area contributed by atoms with Gasteiger partial charge in [0.1, 0.15) is 5.82 Å². The normalized spacial score (nSPS) is 19.8. The molecule has 1 saturated heterocycles. The second-order valence-corrected chi connectivity index (χ2v) is 7.06. The van der Waals surface area contributed by atoms with Crippen molar-refractivity contribution < 1.29 is 9.90 Å². The van der Waals surface area contributed by atoms with Crippen molar-refractivity contribution in [2.75, 3.05) is 25.0 Å². The molecule has 2 aromatic heterocycles. The molecule has 124 valence electrons. The molecule has 23 heavy (non-hydrogen) atoms. The van der Waals surface area contributed by atoms with Gasteiger partial charge >= 0.3 is 0 Å². The molecule has 0 aromatic carbocycles. The van der Waals surface area contributed by atoms with Crippen molar-refractivity contribution in [1.82, 2.24) is 14.7 Å². The lowest BCUT2D eigenvalue weighted by molar-refractivity contribution is -0.117. The summed E-state index contributed by atoms with van der Waals surface area (Å²) >= 11 is 1.67. The average molecular weight is 334 g/mol. The number of carbonyl (C=O) groups excluding carboxylic acids is 1. The van der Waals surface area contributed by atoms with Crippen molar-refractivity contribution in [3.8, 4) is 0 Å². The molecule has 2 unspecified atom stereocenters. The Labute approximate surface area is 139 Å². The van der Waals surface area contributed by atoms with E-state index in [1.807, 2.05) is 24.4 Å². The van der Waals surface area contributed by atoms with Gasteiger partial charge in [-0.25, -0.2) is 4.68 Å². The lowest BCUT2D eigenvalue weighted by atomic mass is 10.0. The molecule has 3 rings (SSSR count). The molecule has 0 radical (unpaired) electrons. The summed E-state index contributed by atoms with van der Waals surface area (Å²) in [6.07, 6.45) is 2.33. The maximum Gasteiger partial charge on any atom is 0.239 e. The number of hydrogen-bond acceptors (Lipinski definition) is 5. The molecule has 3 heterocycles. The highest BCUT2D eigenvalue weighted by Crippen LogP contribution is 2.19. The highest BCUT2D eigenvalue weighted by Gasteiger charge is 2.27. The third-order valence-corrected chi connectivity index (χ3v) is 5.09. The van der Waals surface area contributed by atoms with E-state index in [1.165, 1.54) is 4.88 Å². The van der Waals surface area contributed by atoms with Gasteiger partial charge in [-0.05, 0) is 37.3 Å². The van der Waals surface area contributed by atoms with E-state index in [0.717, 1.165) is 25.3 Å². The predicted octanol–water partition coefficient (Wildman–Crippen LogP) is 1.63. The number of aromatic nitrogens is 2. The van der Waals surface area contributed by atoms with E-state index in [9.17, 15) is 9.90 Å². The molecule has 1 aliphatic rings. The van der Waals surface area contributed by atoms with E-state index < -0.39 is 0 Å². The topological polar surface area (TPSA) is 70.4 Å². The SMILES string of the molecule is CC(O)C1CCN(CC(=O)Nc2ccnn2Cc2cccs2)C1. The van der Waals surface area contributed by atoms with Gasteiger partial charge in [0.25, 0.3) is 0 Å². The largest absolute Gasteiger partial charge is 0.393 e. The van der Waals surface area contributed by atoms with Gasteiger partial charge in [0, 0.05) is 17.5 Å². The molecule has 0 bridgehead atoms. The Balaban J connectivity index is 1.54. The average Bonchev–Trinajstić information content (AvgIpc) is 3.22. The lowest BCUT2D eigenvalue weighted by Crippen LogP contribution is -2.33. The molecule has 2 aromatic rings. The second-order valence-electron chi connectivity index (χ2n) is 6.03. The maximum atomic E-state index is 12.2. The summed E-state index contributed by atoms with van der Waals surface area (Å²) in [5, 5.41) is 18.9. The Kier molecular flexibility index (Phi) is 5.09.